The molecule has 0 aromatic rings. The van der Waals surface area contributed by atoms with Crippen LogP contribution < -0.4 is 5.32 Å². The van der Waals surface area contributed by atoms with Crippen molar-refractivity contribution in [2.45, 2.75) is 65.2 Å². The summed E-state index contributed by atoms with van der Waals surface area (Å²) in [7, 11) is 0. The van der Waals surface area contributed by atoms with Crippen molar-refractivity contribution in [1.82, 2.24) is 10.2 Å². The van der Waals surface area contributed by atoms with E-state index in [4.69, 9.17) is 4.74 Å². The topological polar surface area (TPSA) is 24.5 Å². The van der Waals surface area contributed by atoms with Gasteiger partial charge in [-0.3, -0.25) is 4.90 Å². The zero-order chi connectivity index (χ0) is 13.2. The van der Waals surface area contributed by atoms with Crippen molar-refractivity contribution in [3.8, 4) is 0 Å². The third kappa shape index (κ3) is 3.69. The van der Waals surface area contributed by atoms with E-state index in [1.54, 1.807) is 0 Å². The van der Waals surface area contributed by atoms with Gasteiger partial charge in [0, 0.05) is 32.2 Å². The summed E-state index contributed by atoms with van der Waals surface area (Å²) in [5, 5.41) is 3.61. The van der Waals surface area contributed by atoms with E-state index in [1.165, 1.54) is 25.8 Å². The molecule has 0 aromatic heterocycles. The Morgan fingerprint density at radius 1 is 1.28 bits per heavy atom. The van der Waals surface area contributed by atoms with Gasteiger partial charge in [0.2, 0.25) is 0 Å². The monoisotopic (exact) mass is 254 g/mol. The summed E-state index contributed by atoms with van der Waals surface area (Å²) in [5.74, 6) is 0. The third-order valence-electron chi connectivity index (χ3n) is 4.52. The molecule has 2 saturated heterocycles. The number of likely N-dealkylation sites (tertiary alicyclic amines) is 1. The second kappa shape index (κ2) is 5.89. The van der Waals surface area contributed by atoms with Gasteiger partial charge in [-0.15, -0.1) is 0 Å². The van der Waals surface area contributed by atoms with Crippen molar-refractivity contribution in [3.05, 3.63) is 0 Å². The summed E-state index contributed by atoms with van der Waals surface area (Å²) < 4.78 is 5.92. The molecule has 3 atom stereocenters. The summed E-state index contributed by atoms with van der Waals surface area (Å²) >= 11 is 0. The Morgan fingerprint density at radius 3 is 2.39 bits per heavy atom. The van der Waals surface area contributed by atoms with E-state index in [1.807, 2.05) is 0 Å². The Morgan fingerprint density at radius 2 is 1.89 bits per heavy atom. The van der Waals surface area contributed by atoms with Crippen LogP contribution in [0.4, 0.5) is 0 Å². The first-order valence-electron chi connectivity index (χ1n) is 7.62. The quantitative estimate of drug-likeness (QED) is 0.787. The summed E-state index contributed by atoms with van der Waals surface area (Å²) in [6.07, 6.45) is 4.81. The fraction of sp³-hybridized carbons (Fsp3) is 1.00. The largest absolute Gasteiger partial charge is 0.372 e. The number of fused-ring (bicyclic) bond motifs is 2. The van der Waals surface area contributed by atoms with E-state index in [0.29, 0.717) is 23.7 Å². The summed E-state index contributed by atoms with van der Waals surface area (Å²) in [5.41, 5.74) is 0.390. The average Bonchev–Trinajstić information content (AvgIpc) is 2.66. The Labute approximate surface area is 112 Å². The molecular weight excluding hydrogens is 224 g/mol. The van der Waals surface area contributed by atoms with Crippen LogP contribution in [-0.4, -0.2) is 49.3 Å². The van der Waals surface area contributed by atoms with E-state index in [9.17, 15) is 0 Å². The highest BCUT2D eigenvalue weighted by Crippen LogP contribution is 2.29. The predicted molar refractivity (Wildman–Crippen MR) is 75.9 cm³/mol. The Bertz CT molecular complexity index is 257. The molecule has 0 saturated carbocycles. The first-order valence-corrected chi connectivity index (χ1v) is 7.62. The fourth-order valence-corrected chi connectivity index (χ4v) is 3.11. The zero-order valence-electron chi connectivity index (χ0n) is 12.5. The van der Waals surface area contributed by atoms with Crippen LogP contribution in [0.2, 0.25) is 0 Å². The smallest absolute Gasteiger partial charge is 0.0707 e. The number of ether oxygens (including phenoxy) is 1. The maximum atomic E-state index is 5.92. The number of rotatable bonds is 6. The van der Waals surface area contributed by atoms with Crippen LogP contribution in [0.5, 0.6) is 0 Å². The maximum Gasteiger partial charge on any atom is 0.0707 e. The van der Waals surface area contributed by atoms with Crippen LogP contribution in [0.1, 0.15) is 47.0 Å². The van der Waals surface area contributed by atoms with Crippen LogP contribution in [0.25, 0.3) is 0 Å². The molecule has 2 heterocycles. The molecule has 2 aliphatic heterocycles. The molecule has 0 aromatic carbocycles. The molecule has 106 valence electrons. The molecule has 3 nitrogen and oxygen atoms in total. The normalized spacial score (nSPS) is 31.8. The summed E-state index contributed by atoms with van der Waals surface area (Å²) in [6.45, 7) is 13.8. The Kier molecular flexibility index (Phi) is 4.68. The van der Waals surface area contributed by atoms with Gasteiger partial charge in [0.05, 0.1) is 12.2 Å². The molecule has 2 aliphatic rings. The Balaban J connectivity index is 1.85. The molecule has 0 aliphatic carbocycles. The molecule has 3 unspecified atom stereocenters. The highest BCUT2D eigenvalue weighted by atomic mass is 16.5. The van der Waals surface area contributed by atoms with E-state index < -0.39 is 0 Å². The minimum atomic E-state index is 0.390. The second-order valence-corrected chi connectivity index (χ2v) is 6.85. The van der Waals surface area contributed by atoms with Gasteiger partial charge in [-0.25, -0.2) is 0 Å². The van der Waals surface area contributed by atoms with E-state index >= 15 is 0 Å². The average molecular weight is 254 g/mol. The number of hydrogen-bond acceptors (Lipinski definition) is 3. The van der Waals surface area contributed by atoms with Gasteiger partial charge >= 0.3 is 0 Å². The van der Waals surface area contributed by atoms with Crippen molar-refractivity contribution in [2.24, 2.45) is 5.41 Å². The molecule has 2 bridgehead atoms. The van der Waals surface area contributed by atoms with E-state index in [0.717, 1.165) is 19.6 Å². The van der Waals surface area contributed by atoms with E-state index in [2.05, 4.69) is 37.9 Å². The summed E-state index contributed by atoms with van der Waals surface area (Å²) in [6, 6.07) is 0.580. The van der Waals surface area contributed by atoms with E-state index in [-0.39, 0.29) is 0 Å². The van der Waals surface area contributed by atoms with Crippen LogP contribution >= 0.6 is 0 Å². The predicted octanol–water partition coefficient (Wildman–Crippen LogP) is 2.26. The van der Waals surface area contributed by atoms with Crippen molar-refractivity contribution >= 4 is 0 Å². The van der Waals surface area contributed by atoms with Gasteiger partial charge < -0.3 is 10.1 Å². The van der Waals surface area contributed by atoms with Gasteiger partial charge in [0.15, 0.2) is 0 Å². The number of nitrogens with one attached hydrogen (secondary N) is 1. The number of morpholine rings is 1. The first-order chi connectivity index (χ1) is 8.50. The molecule has 1 N–H and O–H groups in total. The molecule has 0 spiro atoms. The number of nitrogens with zero attached hydrogens (tertiary/aromatic N) is 1. The summed E-state index contributed by atoms with van der Waals surface area (Å²) in [4.78, 5) is 2.64. The fourth-order valence-electron chi connectivity index (χ4n) is 3.11. The standard InChI is InChI=1S/C15H30N2O/c1-5-15(4,10-16-12(2)3)11-17-8-13-6-7-14(9-17)18-13/h12-14,16H,5-11H2,1-4H3. The van der Waals surface area contributed by atoms with Gasteiger partial charge in [0.25, 0.3) is 0 Å². The third-order valence-corrected chi connectivity index (χ3v) is 4.52. The lowest BCUT2D eigenvalue weighted by atomic mass is 9.86. The van der Waals surface area contributed by atoms with Crippen LogP contribution in [0.3, 0.4) is 0 Å². The molecule has 2 rings (SSSR count). The SMILES string of the molecule is CCC(C)(CNC(C)C)CN1CC2CCC(C1)O2. The second-order valence-electron chi connectivity index (χ2n) is 6.85. The first kappa shape index (κ1) is 14.3. The van der Waals surface area contributed by atoms with Gasteiger partial charge in [-0.2, -0.15) is 0 Å². The van der Waals surface area contributed by atoms with Gasteiger partial charge in [-0.05, 0) is 24.7 Å². The highest BCUT2D eigenvalue weighted by molar-refractivity contribution is 4.88. The van der Waals surface area contributed by atoms with Crippen LogP contribution in [-0.2, 0) is 4.74 Å². The van der Waals surface area contributed by atoms with Crippen LogP contribution in [0.15, 0.2) is 0 Å². The van der Waals surface area contributed by atoms with Crippen molar-refractivity contribution < 1.29 is 4.74 Å². The molecular formula is C15H30N2O. The number of hydrogen-bond donors (Lipinski definition) is 1. The molecule has 18 heavy (non-hydrogen) atoms. The lowest BCUT2D eigenvalue weighted by Gasteiger charge is -2.39. The van der Waals surface area contributed by atoms with Crippen molar-refractivity contribution in [3.63, 3.8) is 0 Å². The highest BCUT2D eigenvalue weighted by Gasteiger charge is 2.36. The lowest BCUT2D eigenvalue weighted by molar-refractivity contribution is -0.0495. The van der Waals surface area contributed by atoms with Crippen molar-refractivity contribution in [2.75, 3.05) is 26.2 Å². The van der Waals surface area contributed by atoms with Crippen LogP contribution in [0, 0.1) is 5.41 Å². The molecule has 3 heteroatoms. The van der Waals surface area contributed by atoms with Gasteiger partial charge in [0.1, 0.15) is 0 Å². The van der Waals surface area contributed by atoms with Crippen molar-refractivity contribution in [1.29, 1.82) is 0 Å². The lowest BCUT2D eigenvalue weighted by Crippen LogP contribution is -2.49. The molecule has 2 fully saturated rings. The van der Waals surface area contributed by atoms with Gasteiger partial charge in [-0.1, -0.05) is 27.7 Å². The molecule has 0 amide bonds. The Hall–Kier alpha value is -0.120. The minimum Gasteiger partial charge on any atom is -0.372 e. The minimum absolute atomic E-state index is 0.390. The zero-order valence-corrected chi connectivity index (χ0v) is 12.5. The molecule has 0 radical (unpaired) electrons. The maximum absolute atomic E-state index is 5.92.